The van der Waals surface area contributed by atoms with Gasteiger partial charge in [0.05, 0.1) is 5.92 Å². The van der Waals surface area contributed by atoms with Crippen molar-refractivity contribution in [1.29, 1.82) is 0 Å². The van der Waals surface area contributed by atoms with Crippen LogP contribution in [0.1, 0.15) is 56.9 Å². The minimum atomic E-state index is -0.189. The van der Waals surface area contributed by atoms with Crippen molar-refractivity contribution in [3.63, 3.8) is 0 Å². The Labute approximate surface area is 151 Å². The van der Waals surface area contributed by atoms with Crippen LogP contribution in [0.15, 0.2) is 30.3 Å². The van der Waals surface area contributed by atoms with Gasteiger partial charge in [0.15, 0.2) is 0 Å². The highest BCUT2D eigenvalue weighted by molar-refractivity contribution is 5.89. The maximum Gasteiger partial charge on any atom is 0.225 e. The highest BCUT2D eigenvalue weighted by atomic mass is 16.2. The van der Waals surface area contributed by atoms with Crippen LogP contribution in [0, 0.1) is 11.8 Å². The number of carbonyl (C=O) groups excluding carboxylic acids is 2. The molecule has 0 radical (unpaired) electrons. The summed E-state index contributed by atoms with van der Waals surface area (Å²) < 4.78 is 0. The van der Waals surface area contributed by atoms with Gasteiger partial charge in [-0.1, -0.05) is 62.4 Å². The maximum absolute atomic E-state index is 12.3. The standard InChI is InChI=1S/C21H30N2O2/c24-20-14-19(16-23(20)15-18-10-5-2-6-11-18)21(25)22-13-7-12-17-8-3-1-4-9-17/h2,5-6,10-11,17,19H,1,3-4,7-9,12-16H2,(H,22,25). The minimum absolute atomic E-state index is 0.0487. The lowest BCUT2D eigenvalue weighted by atomic mass is 9.86. The van der Waals surface area contributed by atoms with E-state index in [0.29, 0.717) is 19.5 Å². The zero-order chi connectivity index (χ0) is 17.5. The summed E-state index contributed by atoms with van der Waals surface area (Å²) in [5.74, 6) is 0.810. The van der Waals surface area contributed by atoms with Gasteiger partial charge in [-0.15, -0.1) is 0 Å². The number of amides is 2. The molecule has 1 N–H and O–H groups in total. The third-order valence-corrected chi connectivity index (χ3v) is 5.61. The normalized spacial score (nSPS) is 21.5. The van der Waals surface area contributed by atoms with E-state index in [-0.39, 0.29) is 17.7 Å². The fourth-order valence-corrected chi connectivity index (χ4v) is 4.13. The smallest absolute Gasteiger partial charge is 0.225 e. The molecule has 4 nitrogen and oxygen atoms in total. The van der Waals surface area contributed by atoms with Gasteiger partial charge in [0.1, 0.15) is 0 Å². The monoisotopic (exact) mass is 342 g/mol. The van der Waals surface area contributed by atoms with Crippen molar-refractivity contribution in [1.82, 2.24) is 10.2 Å². The average Bonchev–Trinajstić information content (AvgIpc) is 3.01. The van der Waals surface area contributed by atoms with Gasteiger partial charge in [-0.2, -0.15) is 0 Å². The van der Waals surface area contributed by atoms with Crippen LogP contribution in [0.2, 0.25) is 0 Å². The number of hydrogen-bond acceptors (Lipinski definition) is 2. The summed E-state index contributed by atoms with van der Waals surface area (Å²) in [7, 11) is 0. The Balaban J connectivity index is 1.37. The molecule has 1 atom stereocenters. The molecule has 1 aromatic carbocycles. The molecule has 0 aromatic heterocycles. The topological polar surface area (TPSA) is 49.4 Å². The van der Waals surface area contributed by atoms with Crippen molar-refractivity contribution in [2.24, 2.45) is 11.8 Å². The first kappa shape index (κ1) is 18.0. The zero-order valence-electron chi connectivity index (χ0n) is 15.1. The molecule has 136 valence electrons. The van der Waals surface area contributed by atoms with Crippen LogP contribution in [0.25, 0.3) is 0 Å². The van der Waals surface area contributed by atoms with Crippen molar-refractivity contribution < 1.29 is 9.59 Å². The highest BCUT2D eigenvalue weighted by Crippen LogP contribution is 2.27. The van der Waals surface area contributed by atoms with Crippen LogP contribution in [-0.4, -0.2) is 29.8 Å². The van der Waals surface area contributed by atoms with Gasteiger partial charge in [-0.05, 0) is 24.3 Å². The summed E-state index contributed by atoms with van der Waals surface area (Å²) in [4.78, 5) is 26.3. The molecule has 0 spiro atoms. The van der Waals surface area contributed by atoms with Crippen LogP contribution < -0.4 is 5.32 Å². The van der Waals surface area contributed by atoms with Crippen LogP contribution >= 0.6 is 0 Å². The van der Waals surface area contributed by atoms with Crippen LogP contribution in [0.5, 0.6) is 0 Å². The molecule has 1 saturated carbocycles. The first-order valence-electron chi connectivity index (χ1n) is 9.82. The highest BCUT2D eigenvalue weighted by Gasteiger charge is 2.33. The number of rotatable bonds is 7. The number of nitrogens with zero attached hydrogens (tertiary/aromatic N) is 1. The molecule has 1 unspecified atom stereocenters. The van der Waals surface area contributed by atoms with Gasteiger partial charge in [0, 0.05) is 26.1 Å². The lowest BCUT2D eigenvalue weighted by Gasteiger charge is -2.21. The van der Waals surface area contributed by atoms with Crippen molar-refractivity contribution >= 4 is 11.8 Å². The molecule has 2 fully saturated rings. The summed E-state index contributed by atoms with van der Waals surface area (Å²) in [6.07, 6.45) is 9.49. The van der Waals surface area contributed by atoms with Crippen LogP contribution in [0.4, 0.5) is 0 Å². The molecule has 1 aromatic rings. The van der Waals surface area contributed by atoms with E-state index in [1.54, 1.807) is 0 Å². The second-order valence-electron chi connectivity index (χ2n) is 7.60. The van der Waals surface area contributed by atoms with Crippen LogP contribution in [0.3, 0.4) is 0 Å². The van der Waals surface area contributed by atoms with Crippen molar-refractivity contribution in [3.8, 4) is 0 Å². The number of benzene rings is 1. The van der Waals surface area contributed by atoms with E-state index >= 15 is 0 Å². The summed E-state index contributed by atoms with van der Waals surface area (Å²) >= 11 is 0. The Bertz CT molecular complexity index is 567. The molecular weight excluding hydrogens is 312 g/mol. The SMILES string of the molecule is O=C(NCCCC1CCCCC1)C1CC(=O)N(Cc2ccccc2)C1. The second-order valence-corrected chi connectivity index (χ2v) is 7.60. The molecule has 2 aliphatic rings. The van der Waals surface area contributed by atoms with E-state index in [1.165, 1.54) is 38.5 Å². The largest absolute Gasteiger partial charge is 0.356 e. The average molecular weight is 342 g/mol. The Kier molecular flexibility index (Phi) is 6.48. The first-order valence-corrected chi connectivity index (χ1v) is 9.82. The van der Waals surface area contributed by atoms with Gasteiger partial charge < -0.3 is 10.2 Å². The predicted molar refractivity (Wildman–Crippen MR) is 98.8 cm³/mol. The van der Waals surface area contributed by atoms with Gasteiger partial charge in [-0.25, -0.2) is 0 Å². The quantitative estimate of drug-likeness (QED) is 0.771. The molecule has 4 heteroatoms. The van der Waals surface area contributed by atoms with Gasteiger partial charge >= 0.3 is 0 Å². The van der Waals surface area contributed by atoms with Crippen LogP contribution in [-0.2, 0) is 16.1 Å². The first-order chi connectivity index (χ1) is 12.2. The third kappa shape index (κ3) is 5.32. The molecule has 3 rings (SSSR count). The molecule has 2 amide bonds. The number of likely N-dealkylation sites (tertiary alicyclic amines) is 1. The number of hydrogen-bond donors (Lipinski definition) is 1. The molecule has 1 aliphatic heterocycles. The predicted octanol–water partition coefficient (Wildman–Crippen LogP) is 3.51. The van der Waals surface area contributed by atoms with Crippen molar-refractivity contribution in [2.45, 2.75) is 57.9 Å². The Hall–Kier alpha value is -1.84. The van der Waals surface area contributed by atoms with E-state index in [9.17, 15) is 9.59 Å². The van der Waals surface area contributed by atoms with E-state index < -0.39 is 0 Å². The van der Waals surface area contributed by atoms with E-state index in [4.69, 9.17) is 0 Å². The molecule has 25 heavy (non-hydrogen) atoms. The van der Waals surface area contributed by atoms with E-state index in [0.717, 1.165) is 24.4 Å². The molecule has 1 saturated heterocycles. The van der Waals surface area contributed by atoms with Gasteiger partial charge in [0.2, 0.25) is 11.8 Å². The van der Waals surface area contributed by atoms with Gasteiger partial charge in [-0.3, -0.25) is 9.59 Å². The lowest BCUT2D eigenvalue weighted by Crippen LogP contribution is -2.33. The molecule has 1 heterocycles. The lowest BCUT2D eigenvalue weighted by molar-refractivity contribution is -0.129. The Morgan fingerprint density at radius 3 is 2.64 bits per heavy atom. The number of nitrogens with one attached hydrogen (secondary N) is 1. The summed E-state index contributed by atoms with van der Waals surface area (Å²) in [5.41, 5.74) is 1.12. The van der Waals surface area contributed by atoms with Crippen molar-refractivity contribution in [3.05, 3.63) is 35.9 Å². The fourth-order valence-electron chi connectivity index (χ4n) is 4.13. The minimum Gasteiger partial charge on any atom is -0.356 e. The fraction of sp³-hybridized carbons (Fsp3) is 0.619. The van der Waals surface area contributed by atoms with E-state index in [1.807, 2.05) is 35.2 Å². The van der Waals surface area contributed by atoms with Gasteiger partial charge in [0.25, 0.3) is 0 Å². The Morgan fingerprint density at radius 1 is 1.12 bits per heavy atom. The summed E-state index contributed by atoms with van der Waals surface area (Å²) in [6.45, 7) is 1.89. The molecule has 1 aliphatic carbocycles. The molecular formula is C21H30N2O2. The Morgan fingerprint density at radius 2 is 1.88 bits per heavy atom. The summed E-state index contributed by atoms with van der Waals surface area (Å²) in [5, 5.41) is 3.05. The summed E-state index contributed by atoms with van der Waals surface area (Å²) in [6, 6.07) is 9.97. The maximum atomic E-state index is 12.3. The second kappa shape index (κ2) is 9.02. The number of carbonyl (C=O) groups is 2. The zero-order valence-corrected chi connectivity index (χ0v) is 15.1. The molecule has 0 bridgehead atoms. The van der Waals surface area contributed by atoms with E-state index in [2.05, 4.69) is 5.32 Å². The third-order valence-electron chi connectivity index (χ3n) is 5.61. The van der Waals surface area contributed by atoms with Crippen molar-refractivity contribution in [2.75, 3.05) is 13.1 Å².